The van der Waals surface area contributed by atoms with Gasteiger partial charge in [0.05, 0.1) is 7.11 Å². The molecule has 1 aliphatic rings. The summed E-state index contributed by atoms with van der Waals surface area (Å²) in [6.07, 6.45) is -0.473. The van der Waals surface area contributed by atoms with Gasteiger partial charge in [-0.25, -0.2) is 13.6 Å². The van der Waals surface area contributed by atoms with Crippen molar-refractivity contribution in [3.05, 3.63) is 35.4 Å². The topological polar surface area (TPSA) is 29.5 Å². The molecule has 1 fully saturated rings. The van der Waals surface area contributed by atoms with Crippen molar-refractivity contribution in [2.24, 2.45) is 0 Å². The summed E-state index contributed by atoms with van der Waals surface area (Å²) in [5.74, 6) is -1.14. The Bertz CT molecular complexity index is 436. The molecule has 3 nitrogen and oxygen atoms in total. The predicted octanol–water partition coefficient (Wildman–Crippen LogP) is 2.30. The average molecular weight is 241 g/mol. The van der Waals surface area contributed by atoms with E-state index in [-0.39, 0.29) is 18.7 Å². The van der Waals surface area contributed by atoms with Gasteiger partial charge in [-0.1, -0.05) is 13.0 Å². The van der Waals surface area contributed by atoms with Gasteiger partial charge in [0.2, 0.25) is 0 Å². The highest BCUT2D eigenvalue weighted by atomic mass is 19.1. The van der Waals surface area contributed by atoms with Gasteiger partial charge < -0.3 is 9.64 Å². The predicted molar refractivity (Wildman–Crippen MR) is 57.7 cm³/mol. The van der Waals surface area contributed by atoms with Gasteiger partial charge in [-0.3, -0.25) is 0 Å². The maximum atomic E-state index is 13.6. The molecule has 5 heteroatoms. The zero-order chi connectivity index (χ0) is 12.6. The minimum atomic E-state index is -0.677. The molecule has 0 atom stereocenters. The second-order valence-corrected chi connectivity index (χ2v) is 4.48. The summed E-state index contributed by atoms with van der Waals surface area (Å²) in [7, 11) is 1.28. The van der Waals surface area contributed by atoms with Crippen molar-refractivity contribution in [1.29, 1.82) is 0 Å². The van der Waals surface area contributed by atoms with E-state index in [1.165, 1.54) is 30.2 Å². The third-order valence-corrected chi connectivity index (χ3v) is 3.08. The summed E-state index contributed by atoms with van der Waals surface area (Å²) >= 11 is 0. The van der Waals surface area contributed by atoms with Crippen molar-refractivity contribution >= 4 is 6.09 Å². The van der Waals surface area contributed by atoms with E-state index in [0.717, 1.165) is 0 Å². The molecular formula is C12H13F2NO2. The number of rotatable bonds is 1. The van der Waals surface area contributed by atoms with E-state index in [1.54, 1.807) is 6.92 Å². The normalized spacial score (nSPS) is 17.5. The van der Waals surface area contributed by atoms with Crippen molar-refractivity contribution in [3.63, 3.8) is 0 Å². The molecule has 0 unspecified atom stereocenters. The first-order chi connectivity index (χ1) is 7.98. The third kappa shape index (κ3) is 1.85. The first-order valence-corrected chi connectivity index (χ1v) is 5.25. The fraction of sp³-hybridized carbons (Fsp3) is 0.417. The maximum Gasteiger partial charge on any atom is 0.409 e. The monoisotopic (exact) mass is 241 g/mol. The van der Waals surface area contributed by atoms with Crippen LogP contribution in [0.25, 0.3) is 0 Å². The zero-order valence-electron chi connectivity index (χ0n) is 9.67. The van der Waals surface area contributed by atoms with E-state index in [4.69, 9.17) is 0 Å². The third-order valence-electron chi connectivity index (χ3n) is 3.08. The van der Waals surface area contributed by atoms with Crippen LogP contribution in [0.1, 0.15) is 12.5 Å². The number of nitrogens with zero attached hydrogens (tertiary/aromatic N) is 1. The number of hydrogen-bond donors (Lipinski definition) is 0. The fourth-order valence-corrected chi connectivity index (χ4v) is 2.29. The minimum Gasteiger partial charge on any atom is -0.453 e. The first kappa shape index (κ1) is 11.8. The molecule has 0 saturated carbocycles. The van der Waals surface area contributed by atoms with Gasteiger partial charge in [0.25, 0.3) is 0 Å². The van der Waals surface area contributed by atoms with E-state index in [9.17, 15) is 13.6 Å². The number of benzene rings is 1. The number of ether oxygens (including phenoxy) is 1. The smallest absolute Gasteiger partial charge is 0.409 e. The number of methoxy groups -OCH3 is 1. The van der Waals surface area contributed by atoms with Gasteiger partial charge >= 0.3 is 6.09 Å². The summed E-state index contributed by atoms with van der Waals surface area (Å²) in [6, 6.07) is 3.78. The maximum absolute atomic E-state index is 13.6. The van der Waals surface area contributed by atoms with Crippen LogP contribution in [0.3, 0.4) is 0 Å². The van der Waals surface area contributed by atoms with Gasteiger partial charge in [-0.05, 0) is 12.1 Å². The number of amides is 1. The summed E-state index contributed by atoms with van der Waals surface area (Å²) in [4.78, 5) is 12.6. The van der Waals surface area contributed by atoms with Crippen molar-refractivity contribution in [1.82, 2.24) is 4.90 Å². The van der Waals surface area contributed by atoms with Crippen LogP contribution < -0.4 is 0 Å². The van der Waals surface area contributed by atoms with E-state index >= 15 is 0 Å². The molecule has 1 aromatic rings. The van der Waals surface area contributed by atoms with Crippen molar-refractivity contribution in [2.75, 3.05) is 20.2 Å². The Morgan fingerprint density at radius 3 is 2.35 bits per heavy atom. The largest absolute Gasteiger partial charge is 0.453 e. The molecule has 1 aromatic carbocycles. The molecule has 1 heterocycles. The standard InChI is InChI=1S/C12H13F2NO2/c1-12(6-15(7-12)11(16)17-2)10-8(13)4-3-5-9(10)14/h3-5H,6-7H2,1-2H3. The van der Waals surface area contributed by atoms with Crippen LogP contribution in [-0.4, -0.2) is 31.2 Å². The lowest BCUT2D eigenvalue weighted by Crippen LogP contribution is -2.60. The zero-order valence-corrected chi connectivity index (χ0v) is 9.67. The number of halogens is 2. The highest BCUT2D eigenvalue weighted by Gasteiger charge is 2.46. The molecule has 1 amide bonds. The van der Waals surface area contributed by atoms with Crippen LogP contribution in [0.15, 0.2) is 18.2 Å². The number of carbonyl (C=O) groups excluding carboxylic acids is 1. The van der Waals surface area contributed by atoms with Crippen LogP contribution >= 0.6 is 0 Å². The average Bonchev–Trinajstić information content (AvgIpc) is 2.24. The van der Waals surface area contributed by atoms with Crippen LogP contribution in [-0.2, 0) is 10.2 Å². The van der Waals surface area contributed by atoms with Gasteiger partial charge in [0.1, 0.15) is 11.6 Å². The molecule has 1 aliphatic heterocycles. The van der Waals surface area contributed by atoms with Gasteiger partial charge in [-0.15, -0.1) is 0 Å². The van der Waals surface area contributed by atoms with Crippen molar-refractivity contribution < 1.29 is 18.3 Å². The van der Waals surface area contributed by atoms with Crippen molar-refractivity contribution in [3.8, 4) is 0 Å². The Balaban J connectivity index is 2.23. The molecule has 0 radical (unpaired) electrons. The highest BCUT2D eigenvalue weighted by Crippen LogP contribution is 2.37. The first-order valence-electron chi connectivity index (χ1n) is 5.25. The number of carbonyl (C=O) groups is 1. The molecule has 17 heavy (non-hydrogen) atoms. The molecule has 0 bridgehead atoms. The minimum absolute atomic E-state index is 0.0418. The SMILES string of the molecule is COC(=O)N1CC(C)(c2c(F)cccc2F)C1. The Labute approximate surface area is 98.0 Å². The Hall–Kier alpha value is -1.65. The second-order valence-electron chi connectivity index (χ2n) is 4.48. The van der Waals surface area contributed by atoms with Crippen molar-refractivity contribution in [2.45, 2.75) is 12.3 Å². The highest BCUT2D eigenvalue weighted by molar-refractivity contribution is 5.69. The summed E-state index contributed by atoms with van der Waals surface area (Å²) < 4.78 is 31.7. The van der Waals surface area contributed by atoms with Crippen LogP contribution in [0.2, 0.25) is 0 Å². The van der Waals surface area contributed by atoms with Crippen LogP contribution in [0.5, 0.6) is 0 Å². The molecule has 1 saturated heterocycles. The van der Waals surface area contributed by atoms with E-state index in [2.05, 4.69) is 4.74 Å². The lowest BCUT2D eigenvalue weighted by Gasteiger charge is -2.47. The Morgan fingerprint density at radius 2 is 1.88 bits per heavy atom. The lowest BCUT2D eigenvalue weighted by molar-refractivity contribution is 0.0527. The lowest BCUT2D eigenvalue weighted by atomic mass is 9.75. The molecule has 0 aliphatic carbocycles. The van der Waals surface area contributed by atoms with E-state index < -0.39 is 23.1 Å². The van der Waals surface area contributed by atoms with Gasteiger partial charge in [0.15, 0.2) is 0 Å². The Morgan fingerprint density at radius 1 is 1.35 bits per heavy atom. The summed E-state index contributed by atoms with van der Waals surface area (Å²) in [5, 5.41) is 0. The molecule has 92 valence electrons. The quantitative estimate of drug-likeness (QED) is 0.755. The second kappa shape index (κ2) is 3.98. The van der Waals surface area contributed by atoms with E-state index in [1.807, 2.05) is 0 Å². The van der Waals surface area contributed by atoms with Gasteiger partial charge in [0, 0.05) is 24.1 Å². The molecule has 0 spiro atoms. The molecule has 2 rings (SSSR count). The molecule has 0 aromatic heterocycles. The fourth-order valence-electron chi connectivity index (χ4n) is 2.29. The summed E-state index contributed by atoms with van der Waals surface area (Å²) in [5.41, 5.74) is -0.635. The van der Waals surface area contributed by atoms with Gasteiger partial charge in [-0.2, -0.15) is 0 Å². The van der Waals surface area contributed by atoms with Crippen LogP contribution in [0, 0.1) is 11.6 Å². The van der Waals surface area contributed by atoms with E-state index in [0.29, 0.717) is 0 Å². The molecule has 0 N–H and O–H groups in total. The number of hydrogen-bond acceptors (Lipinski definition) is 2. The van der Waals surface area contributed by atoms with Crippen LogP contribution in [0.4, 0.5) is 13.6 Å². The summed E-state index contributed by atoms with van der Waals surface area (Å²) in [6.45, 7) is 2.25. The molecular weight excluding hydrogens is 228 g/mol. The number of likely N-dealkylation sites (tertiary alicyclic amines) is 1. The Kier molecular flexibility index (Phi) is 2.77.